The molecular weight excluding hydrogens is 477 g/mol. The van der Waals surface area contributed by atoms with Gasteiger partial charge in [0.25, 0.3) is 5.91 Å². The van der Waals surface area contributed by atoms with Crippen molar-refractivity contribution in [2.75, 3.05) is 19.6 Å². The molecule has 5 rings (SSSR count). The molecule has 34 heavy (non-hydrogen) atoms. The molecule has 2 aliphatic rings. The highest BCUT2D eigenvalue weighted by atomic mass is 35.5. The molecule has 3 aromatic rings. The molecule has 1 saturated heterocycles. The summed E-state index contributed by atoms with van der Waals surface area (Å²) >= 11 is 6.35. The predicted octanol–water partition coefficient (Wildman–Crippen LogP) is 3.46. The number of carbonyl (C=O) groups is 2. The van der Waals surface area contributed by atoms with Gasteiger partial charge < -0.3 is 19.3 Å². The first-order valence-electron chi connectivity index (χ1n) is 10.7. The molecule has 8 nitrogen and oxygen atoms in total. The highest BCUT2D eigenvalue weighted by molar-refractivity contribution is 6.33. The fourth-order valence-corrected chi connectivity index (χ4v) is 4.91. The van der Waals surface area contributed by atoms with Crippen molar-refractivity contribution in [1.82, 2.24) is 19.2 Å². The van der Waals surface area contributed by atoms with Gasteiger partial charge in [0.15, 0.2) is 11.3 Å². The van der Waals surface area contributed by atoms with Crippen LogP contribution >= 0.6 is 11.6 Å². The van der Waals surface area contributed by atoms with Crippen LogP contribution in [-0.4, -0.2) is 67.9 Å². The molecule has 3 aromatic heterocycles. The maximum absolute atomic E-state index is 13.8. The Morgan fingerprint density at radius 3 is 2.65 bits per heavy atom. The second-order valence-electron chi connectivity index (χ2n) is 8.53. The molecule has 0 radical (unpaired) electrons. The molecule has 0 spiro atoms. The van der Waals surface area contributed by atoms with Gasteiger partial charge in [-0.3, -0.25) is 14.0 Å². The molecule has 2 fully saturated rings. The number of carbonyl (C=O) groups excluding carboxylic acids is 2. The molecule has 0 aromatic carbocycles. The molecule has 12 heteroatoms. The van der Waals surface area contributed by atoms with Crippen LogP contribution < -0.4 is 0 Å². The van der Waals surface area contributed by atoms with E-state index in [9.17, 15) is 27.9 Å². The van der Waals surface area contributed by atoms with E-state index in [4.69, 9.17) is 16.0 Å². The second-order valence-corrected chi connectivity index (χ2v) is 8.89. The average molecular weight is 497 g/mol. The minimum absolute atomic E-state index is 0.0748. The summed E-state index contributed by atoms with van der Waals surface area (Å²) in [4.78, 5) is 32.7. The Morgan fingerprint density at radius 1 is 1.24 bits per heavy atom. The number of aliphatic hydroxyl groups excluding tert-OH is 1. The highest BCUT2D eigenvalue weighted by Gasteiger charge is 2.39. The zero-order valence-corrected chi connectivity index (χ0v) is 18.5. The molecular formula is C22H20ClF3N4O4. The molecule has 2 amide bonds. The van der Waals surface area contributed by atoms with Crippen LogP contribution in [0.15, 0.2) is 35.3 Å². The maximum atomic E-state index is 13.8. The lowest BCUT2D eigenvalue weighted by Crippen LogP contribution is -2.55. The number of aromatic nitrogens is 2. The van der Waals surface area contributed by atoms with Crippen LogP contribution in [0, 0.1) is 0 Å². The fourth-order valence-electron chi connectivity index (χ4n) is 4.66. The quantitative estimate of drug-likeness (QED) is 0.599. The van der Waals surface area contributed by atoms with Gasteiger partial charge in [-0.05, 0) is 31.4 Å². The summed E-state index contributed by atoms with van der Waals surface area (Å²) in [6.07, 6.45) is 0.613. The number of fused-ring (bicyclic) bond motifs is 1. The van der Waals surface area contributed by atoms with Gasteiger partial charge in [-0.15, -0.1) is 0 Å². The number of piperazine rings is 1. The van der Waals surface area contributed by atoms with Gasteiger partial charge >= 0.3 is 6.18 Å². The van der Waals surface area contributed by atoms with Crippen LogP contribution in [-0.2, 0) is 11.0 Å². The van der Waals surface area contributed by atoms with Crippen molar-refractivity contribution in [2.45, 2.75) is 37.6 Å². The van der Waals surface area contributed by atoms with E-state index in [2.05, 4.69) is 4.98 Å². The number of hydrogen-bond acceptors (Lipinski definition) is 5. The summed E-state index contributed by atoms with van der Waals surface area (Å²) in [5, 5.41) is 9.48. The number of hydrogen-bond donors (Lipinski definition) is 1. The van der Waals surface area contributed by atoms with Crippen LogP contribution in [0.2, 0.25) is 5.15 Å². The van der Waals surface area contributed by atoms with Gasteiger partial charge in [-0.25, -0.2) is 4.98 Å². The average Bonchev–Trinajstić information content (AvgIpc) is 3.53. The van der Waals surface area contributed by atoms with E-state index in [1.807, 2.05) is 0 Å². The van der Waals surface area contributed by atoms with Crippen molar-refractivity contribution in [2.24, 2.45) is 0 Å². The Labute approximate surface area is 196 Å². The van der Waals surface area contributed by atoms with E-state index in [1.165, 1.54) is 29.7 Å². The van der Waals surface area contributed by atoms with Crippen molar-refractivity contribution < 1.29 is 32.3 Å². The van der Waals surface area contributed by atoms with Gasteiger partial charge in [0.2, 0.25) is 5.91 Å². The summed E-state index contributed by atoms with van der Waals surface area (Å²) in [6.45, 7) is 0.223. The SMILES string of the molecule is O=C(c1nc2c(C(F)(F)F)cc(-c3ccoc3)cn2c1Cl)N1CCN([C@@H]2CC[C@@H](O)C2)C(=O)C1. The number of imidazole rings is 1. The Balaban J connectivity index is 1.46. The largest absolute Gasteiger partial charge is 0.472 e. The number of nitrogens with zero attached hydrogens (tertiary/aromatic N) is 4. The van der Waals surface area contributed by atoms with Crippen molar-refractivity contribution in [1.29, 1.82) is 0 Å². The summed E-state index contributed by atoms with van der Waals surface area (Å²) in [7, 11) is 0. The van der Waals surface area contributed by atoms with E-state index in [0.717, 1.165) is 10.5 Å². The third-order valence-electron chi connectivity index (χ3n) is 6.39. The molecule has 1 aliphatic carbocycles. The van der Waals surface area contributed by atoms with Crippen molar-refractivity contribution in [3.8, 4) is 11.1 Å². The molecule has 0 bridgehead atoms. The van der Waals surface area contributed by atoms with Crippen LogP contribution in [0.4, 0.5) is 13.2 Å². The van der Waals surface area contributed by atoms with Gasteiger partial charge in [0.1, 0.15) is 11.7 Å². The first kappa shape index (κ1) is 22.7. The summed E-state index contributed by atoms with van der Waals surface area (Å²) in [6, 6.07) is 2.36. The number of pyridine rings is 1. The molecule has 1 saturated carbocycles. The van der Waals surface area contributed by atoms with Gasteiger partial charge in [0.05, 0.1) is 24.2 Å². The molecule has 4 heterocycles. The summed E-state index contributed by atoms with van der Waals surface area (Å²) < 4.78 is 47.5. The van der Waals surface area contributed by atoms with Crippen molar-refractivity contribution in [3.63, 3.8) is 0 Å². The number of aliphatic hydroxyl groups is 1. The van der Waals surface area contributed by atoms with Crippen LogP contribution in [0.3, 0.4) is 0 Å². The first-order chi connectivity index (χ1) is 16.1. The van der Waals surface area contributed by atoms with Crippen molar-refractivity contribution in [3.05, 3.63) is 47.3 Å². The van der Waals surface area contributed by atoms with Crippen LogP contribution in [0.1, 0.15) is 35.3 Å². The zero-order valence-electron chi connectivity index (χ0n) is 17.8. The third kappa shape index (κ3) is 3.92. The van der Waals surface area contributed by atoms with E-state index in [0.29, 0.717) is 24.8 Å². The number of halogens is 4. The van der Waals surface area contributed by atoms with E-state index in [1.54, 1.807) is 4.90 Å². The normalized spacial score (nSPS) is 21.6. The molecule has 180 valence electrons. The number of amides is 2. The third-order valence-corrected chi connectivity index (χ3v) is 6.75. The van der Waals surface area contributed by atoms with E-state index >= 15 is 0 Å². The number of rotatable bonds is 3. The van der Waals surface area contributed by atoms with Gasteiger partial charge in [0, 0.05) is 36.5 Å². The van der Waals surface area contributed by atoms with Gasteiger partial charge in [-0.2, -0.15) is 13.2 Å². The second kappa shape index (κ2) is 8.31. The van der Waals surface area contributed by atoms with E-state index < -0.39 is 29.4 Å². The predicted molar refractivity (Wildman–Crippen MR) is 114 cm³/mol. The number of alkyl halides is 3. The molecule has 2 atom stereocenters. The minimum atomic E-state index is -4.75. The van der Waals surface area contributed by atoms with E-state index in [-0.39, 0.29) is 48.0 Å². The lowest BCUT2D eigenvalue weighted by atomic mass is 10.1. The standard InChI is InChI=1S/C22H20ClF3N4O4/c23-19-18(21(33)28-4-5-29(17(32)10-28)14-1-2-15(31)8-14)27-20-16(22(24,25)26)7-13(9-30(19)20)12-3-6-34-11-12/h3,6-7,9,11,14-15,31H,1-2,4-5,8,10H2/t14-,15-/m1/s1. The Morgan fingerprint density at radius 2 is 2.03 bits per heavy atom. The Kier molecular flexibility index (Phi) is 5.56. The lowest BCUT2D eigenvalue weighted by molar-refractivity contribution is -0.138. The Hall–Kier alpha value is -3.05. The highest BCUT2D eigenvalue weighted by Crippen LogP contribution is 2.37. The smallest absolute Gasteiger partial charge is 0.420 e. The summed E-state index contributed by atoms with van der Waals surface area (Å²) in [5.41, 5.74) is -1.31. The van der Waals surface area contributed by atoms with Gasteiger partial charge in [-0.1, -0.05) is 11.6 Å². The molecule has 1 N–H and O–H groups in total. The number of furan rings is 1. The molecule has 1 aliphatic heterocycles. The van der Waals surface area contributed by atoms with Crippen molar-refractivity contribution >= 4 is 29.1 Å². The topological polar surface area (TPSA) is 91.3 Å². The maximum Gasteiger partial charge on any atom is 0.420 e. The molecule has 0 unspecified atom stereocenters. The monoisotopic (exact) mass is 496 g/mol. The minimum Gasteiger partial charge on any atom is -0.472 e. The first-order valence-corrected chi connectivity index (χ1v) is 11.1. The van der Waals surface area contributed by atoms with Crippen LogP contribution in [0.5, 0.6) is 0 Å². The fraction of sp³-hybridized carbons (Fsp3) is 0.409. The zero-order chi connectivity index (χ0) is 24.2. The van der Waals surface area contributed by atoms with Crippen LogP contribution in [0.25, 0.3) is 16.8 Å². The lowest BCUT2D eigenvalue weighted by Gasteiger charge is -2.37. The summed E-state index contributed by atoms with van der Waals surface area (Å²) in [5.74, 6) is -0.997. The Bertz CT molecular complexity index is 1260.